The maximum absolute atomic E-state index is 12.8. The number of benzene rings is 2. The topological polar surface area (TPSA) is 100 Å². The maximum atomic E-state index is 12.8. The number of para-hydroxylation sites is 1. The number of esters is 1. The number of hydrogen-bond acceptors (Lipinski definition) is 7. The van der Waals surface area contributed by atoms with Gasteiger partial charge < -0.3 is 19.9 Å². The highest BCUT2D eigenvalue weighted by Gasteiger charge is 2.37. The summed E-state index contributed by atoms with van der Waals surface area (Å²) in [7, 11) is 0. The van der Waals surface area contributed by atoms with Gasteiger partial charge in [0.2, 0.25) is 5.91 Å². The molecule has 3 rings (SSSR count). The van der Waals surface area contributed by atoms with E-state index in [0.717, 1.165) is 24.3 Å². The highest BCUT2D eigenvalue weighted by molar-refractivity contribution is 6.38. The molecule has 1 amide bonds. The van der Waals surface area contributed by atoms with Crippen LogP contribution < -0.4 is 15.1 Å². The van der Waals surface area contributed by atoms with Crippen LogP contribution in [0.5, 0.6) is 5.75 Å². The molecule has 8 nitrogen and oxygen atoms in total. The Morgan fingerprint density at radius 1 is 1.18 bits per heavy atom. The predicted octanol–water partition coefficient (Wildman–Crippen LogP) is 2.76. The molecule has 34 heavy (non-hydrogen) atoms. The molecule has 0 saturated heterocycles. The Labute approximate surface area is 194 Å². The van der Waals surface area contributed by atoms with Crippen molar-refractivity contribution in [1.29, 1.82) is 0 Å². The molecule has 2 atom stereocenters. The summed E-state index contributed by atoms with van der Waals surface area (Å²) in [4.78, 5) is 25.0. The first-order valence-corrected chi connectivity index (χ1v) is 10.5. The summed E-state index contributed by atoms with van der Waals surface area (Å²) >= 11 is 0. The summed E-state index contributed by atoms with van der Waals surface area (Å²) < 4.78 is 48.2. The number of hydrogen-bond donors (Lipinski definition) is 2. The van der Waals surface area contributed by atoms with Gasteiger partial charge in [0.1, 0.15) is 30.2 Å². The molecule has 1 aliphatic rings. The van der Waals surface area contributed by atoms with Gasteiger partial charge in [0, 0.05) is 13.0 Å². The SMILES string of the molecule is CCOC(=O)C1=NN(c2ccccc2)C(C(=O)NCC(O)COc2ccc(C(F)(F)F)cc2)C1. The number of carbonyl (C=O) groups is 2. The number of rotatable bonds is 9. The molecule has 1 heterocycles. The van der Waals surface area contributed by atoms with E-state index in [-0.39, 0.29) is 37.6 Å². The number of halogens is 3. The number of aliphatic hydroxyl groups is 1. The number of nitrogens with zero attached hydrogens (tertiary/aromatic N) is 2. The van der Waals surface area contributed by atoms with Gasteiger partial charge in [-0.2, -0.15) is 18.3 Å². The van der Waals surface area contributed by atoms with Gasteiger partial charge in [-0.3, -0.25) is 9.80 Å². The highest BCUT2D eigenvalue weighted by atomic mass is 19.4. The summed E-state index contributed by atoms with van der Waals surface area (Å²) in [6, 6.07) is 12.1. The number of alkyl halides is 3. The zero-order chi connectivity index (χ0) is 24.7. The van der Waals surface area contributed by atoms with Crippen LogP contribution in [0.1, 0.15) is 18.9 Å². The number of carbonyl (C=O) groups excluding carboxylic acids is 2. The minimum absolute atomic E-state index is 0.0255. The summed E-state index contributed by atoms with van der Waals surface area (Å²) in [5.74, 6) is -0.930. The number of anilines is 1. The van der Waals surface area contributed by atoms with E-state index in [9.17, 15) is 27.9 Å². The third kappa shape index (κ3) is 6.47. The molecule has 2 aromatic rings. The van der Waals surface area contributed by atoms with Crippen molar-refractivity contribution >= 4 is 23.3 Å². The molecule has 0 aliphatic carbocycles. The van der Waals surface area contributed by atoms with Crippen LogP contribution >= 0.6 is 0 Å². The van der Waals surface area contributed by atoms with Gasteiger partial charge in [-0.15, -0.1) is 0 Å². The van der Waals surface area contributed by atoms with E-state index in [0.29, 0.717) is 5.69 Å². The fraction of sp³-hybridized carbons (Fsp3) is 0.348. The van der Waals surface area contributed by atoms with Gasteiger partial charge in [0.05, 0.1) is 17.9 Å². The zero-order valence-corrected chi connectivity index (χ0v) is 18.3. The van der Waals surface area contributed by atoms with Crippen molar-refractivity contribution in [3.8, 4) is 5.75 Å². The number of hydrazone groups is 1. The van der Waals surface area contributed by atoms with Crippen LogP contribution in [0.3, 0.4) is 0 Å². The Morgan fingerprint density at radius 2 is 1.85 bits per heavy atom. The van der Waals surface area contributed by atoms with Crippen LogP contribution in [0.25, 0.3) is 0 Å². The summed E-state index contributed by atoms with van der Waals surface area (Å²) in [6.07, 6.45) is -5.55. The molecule has 2 N–H and O–H groups in total. The maximum Gasteiger partial charge on any atom is 0.416 e. The first-order chi connectivity index (χ1) is 16.2. The highest BCUT2D eigenvalue weighted by Crippen LogP contribution is 2.30. The molecule has 0 aromatic heterocycles. The van der Waals surface area contributed by atoms with Crippen LogP contribution in [0.4, 0.5) is 18.9 Å². The van der Waals surface area contributed by atoms with E-state index < -0.39 is 35.8 Å². The summed E-state index contributed by atoms with van der Waals surface area (Å²) in [6.45, 7) is 1.42. The Balaban J connectivity index is 1.55. The van der Waals surface area contributed by atoms with E-state index in [1.165, 1.54) is 5.01 Å². The average Bonchev–Trinajstić information content (AvgIpc) is 3.27. The molecule has 0 spiro atoms. The molecular formula is C23H24F3N3O5. The zero-order valence-electron chi connectivity index (χ0n) is 18.3. The minimum atomic E-state index is -4.45. The van der Waals surface area contributed by atoms with Crippen LogP contribution in [0, 0.1) is 0 Å². The Bertz CT molecular complexity index is 1010. The van der Waals surface area contributed by atoms with Gasteiger partial charge in [-0.05, 0) is 43.3 Å². The summed E-state index contributed by atoms with van der Waals surface area (Å²) in [5, 5.41) is 18.4. The second kappa shape index (κ2) is 11.0. The lowest BCUT2D eigenvalue weighted by atomic mass is 10.1. The Kier molecular flexibility index (Phi) is 8.11. The second-order valence-electron chi connectivity index (χ2n) is 7.40. The minimum Gasteiger partial charge on any atom is -0.491 e. The third-order valence-electron chi connectivity index (χ3n) is 4.88. The van der Waals surface area contributed by atoms with Gasteiger partial charge in [0.15, 0.2) is 0 Å². The lowest BCUT2D eigenvalue weighted by Gasteiger charge is -2.23. The molecule has 0 radical (unpaired) electrons. The van der Waals surface area contributed by atoms with Crippen molar-refractivity contribution in [3.63, 3.8) is 0 Å². The van der Waals surface area contributed by atoms with Crippen LogP contribution in [0.2, 0.25) is 0 Å². The fourth-order valence-corrected chi connectivity index (χ4v) is 3.20. The molecule has 2 unspecified atom stereocenters. The molecule has 182 valence electrons. The molecule has 1 aliphatic heterocycles. The first kappa shape index (κ1) is 25.0. The number of ether oxygens (including phenoxy) is 2. The van der Waals surface area contributed by atoms with Crippen LogP contribution in [-0.4, -0.2) is 54.6 Å². The molecule has 11 heteroatoms. The fourth-order valence-electron chi connectivity index (χ4n) is 3.20. The Hall–Kier alpha value is -3.60. The molecule has 2 aromatic carbocycles. The molecule has 0 fully saturated rings. The van der Waals surface area contributed by atoms with Gasteiger partial charge in [0.25, 0.3) is 0 Å². The molecule has 0 bridgehead atoms. The van der Waals surface area contributed by atoms with Crippen molar-refractivity contribution in [2.75, 3.05) is 24.8 Å². The van der Waals surface area contributed by atoms with Crippen LogP contribution in [-0.2, 0) is 20.5 Å². The molecule has 0 saturated carbocycles. The van der Waals surface area contributed by atoms with Crippen molar-refractivity contribution in [2.24, 2.45) is 5.10 Å². The average molecular weight is 479 g/mol. The van der Waals surface area contributed by atoms with Gasteiger partial charge in [-0.1, -0.05) is 18.2 Å². The number of aliphatic hydroxyl groups excluding tert-OH is 1. The third-order valence-corrected chi connectivity index (χ3v) is 4.88. The van der Waals surface area contributed by atoms with Gasteiger partial charge >= 0.3 is 12.1 Å². The van der Waals surface area contributed by atoms with Crippen molar-refractivity contribution < 1.29 is 37.3 Å². The van der Waals surface area contributed by atoms with E-state index in [2.05, 4.69) is 10.4 Å². The summed E-state index contributed by atoms with van der Waals surface area (Å²) in [5.41, 5.74) is -0.0956. The monoisotopic (exact) mass is 479 g/mol. The standard InChI is InChI=1S/C23H24F3N3O5/c1-2-33-22(32)19-12-20(29(28-19)16-6-4-3-5-7-16)21(31)27-13-17(30)14-34-18-10-8-15(9-11-18)23(24,25)26/h3-11,17,20,30H,2,12-14H2,1H3,(H,27,31). The smallest absolute Gasteiger partial charge is 0.416 e. The second-order valence-corrected chi connectivity index (χ2v) is 7.40. The molecular weight excluding hydrogens is 455 g/mol. The van der Waals surface area contributed by atoms with E-state index in [4.69, 9.17) is 9.47 Å². The lowest BCUT2D eigenvalue weighted by Crippen LogP contribution is -2.46. The van der Waals surface area contributed by atoms with Crippen molar-refractivity contribution in [2.45, 2.75) is 31.7 Å². The Morgan fingerprint density at radius 3 is 2.47 bits per heavy atom. The van der Waals surface area contributed by atoms with Crippen LogP contribution in [0.15, 0.2) is 59.7 Å². The number of nitrogens with one attached hydrogen (secondary N) is 1. The van der Waals surface area contributed by atoms with E-state index in [1.807, 2.05) is 0 Å². The normalized spacial score (nSPS) is 16.6. The number of amides is 1. The quantitative estimate of drug-likeness (QED) is 0.537. The van der Waals surface area contributed by atoms with Crippen molar-refractivity contribution in [1.82, 2.24) is 5.32 Å². The predicted molar refractivity (Wildman–Crippen MR) is 117 cm³/mol. The lowest BCUT2D eigenvalue weighted by molar-refractivity contribution is -0.137. The first-order valence-electron chi connectivity index (χ1n) is 10.5. The van der Waals surface area contributed by atoms with Gasteiger partial charge in [-0.25, -0.2) is 4.79 Å². The van der Waals surface area contributed by atoms with E-state index in [1.54, 1.807) is 37.3 Å². The largest absolute Gasteiger partial charge is 0.491 e. The van der Waals surface area contributed by atoms with E-state index >= 15 is 0 Å². The van der Waals surface area contributed by atoms with Crippen molar-refractivity contribution in [3.05, 3.63) is 60.2 Å².